The summed E-state index contributed by atoms with van der Waals surface area (Å²) < 4.78 is 0. The molecule has 0 aliphatic heterocycles. The molecular weight excluding hydrogens is 238 g/mol. The van der Waals surface area contributed by atoms with Crippen LogP contribution in [0.2, 0.25) is 0 Å². The molecule has 0 fully saturated rings. The molecule has 100 valence electrons. The van der Waals surface area contributed by atoms with E-state index in [2.05, 4.69) is 4.98 Å². The first kappa shape index (κ1) is 13.7. The highest BCUT2D eigenvalue weighted by Crippen LogP contribution is 2.23. The molecule has 1 unspecified atom stereocenters. The van der Waals surface area contributed by atoms with Gasteiger partial charge in [-0.25, -0.2) is 0 Å². The molecule has 19 heavy (non-hydrogen) atoms. The van der Waals surface area contributed by atoms with Crippen molar-refractivity contribution < 1.29 is 9.90 Å². The lowest BCUT2D eigenvalue weighted by molar-refractivity contribution is 0.0590. The Balaban J connectivity index is 2.41. The van der Waals surface area contributed by atoms with Gasteiger partial charge in [0.2, 0.25) is 0 Å². The predicted molar refractivity (Wildman–Crippen MR) is 76.2 cm³/mol. The molecule has 0 saturated heterocycles. The van der Waals surface area contributed by atoms with Crippen molar-refractivity contribution in [3.05, 3.63) is 42.2 Å². The Bertz CT molecular complexity index is 570. The molecule has 3 heteroatoms. The van der Waals surface area contributed by atoms with E-state index in [1.54, 1.807) is 18.5 Å². The second-order valence-corrected chi connectivity index (χ2v) is 4.79. The molecule has 0 amide bonds. The summed E-state index contributed by atoms with van der Waals surface area (Å²) in [5.41, 5.74) is 0.583. The van der Waals surface area contributed by atoms with E-state index in [0.717, 1.165) is 23.6 Å². The Labute approximate surface area is 113 Å². The number of pyridine rings is 1. The van der Waals surface area contributed by atoms with Gasteiger partial charge in [-0.15, -0.1) is 0 Å². The molecule has 0 aliphatic carbocycles. The fraction of sp³-hybridized carbons (Fsp3) is 0.375. The molecule has 1 heterocycles. The normalized spacial score (nSPS) is 12.8. The van der Waals surface area contributed by atoms with Crippen molar-refractivity contribution in [2.75, 3.05) is 0 Å². The number of carbonyl (C=O) groups is 1. The van der Waals surface area contributed by atoms with Crippen LogP contribution in [0.4, 0.5) is 0 Å². The summed E-state index contributed by atoms with van der Waals surface area (Å²) in [5, 5.41) is 12.0. The number of benzene rings is 1. The zero-order chi connectivity index (χ0) is 13.8. The van der Waals surface area contributed by atoms with Crippen LogP contribution in [0.15, 0.2) is 36.7 Å². The van der Waals surface area contributed by atoms with Gasteiger partial charge in [0.25, 0.3) is 0 Å². The van der Waals surface area contributed by atoms with Crippen molar-refractivity contribution in [2.45, 2.75) is 32.8 Å². The summed E-state index contributed by atoms with van der Waals surface area (Å²) in [6, 6.07) is 7.35. The molecule has 1 aromatic heterocycles. The minimum Gasteiger partial charge on any atom is -0.385 e. The first-order chi connectivity index (χ1) is 9.19. The van der Waals surface area contributed by atoms with Crippen LogP contribution in [-0.2, 0) is 0 Å². The summed E-state index contributed by atoms with van der Waals surface area (Å²) in [4.78, 5) is 16.5. The third-order valence-electron chi connectivity index (χ3n) is 3.71. The second-order valence-electron chi connectivity index (χ2n) is 4.79. The SMILES string of the molecule is CCC(CC)C(O)C(=O)c1cccc2cnccc12. The minimum absolute atomic E-state index is 0.0181. The highest BCUT2D eigenvalue weighted by molar-refractivity contribution is 6.09. The van der Waals surface area contributed by atoms with Gasteiger partial charge in [-0.3, -0.25) is 9.78 Å². The molecule has 0 aliphatic rings. The fourth-order valence-electron chi connectivity index (χ4n) is 2.45. The summed E-state index contributed by atoms with van der Waals surface area (Å²) in [6.07, 6.45) is 4.08. The monoisotopic (exact) mass is 257 g/mol. The molecule has 3 nitrogen and oxygen atoms in total. The van der Waals surface area contributed by atoms with Crippen molar-refractivity contribution in [3.8, 4) is 0 Å². The molecule has 1 atom stereocenters. The molecule has 1 aromatic carbocycles. The summed E-state index contributed by atoms with van der Waals surface area (Å²) in [5.74, 6) is -0.171. The van der Waals surface area contributed by atoms with Crippen molar-refractivity contribution in [1.29, 1.82) is 0 Å². The number of fused-ring (bicyclic) bond motifs is 1. The quantitative estimate of drug-likeness (QED) is 0.837. The van der Waals surface area contributed by atoms with E-state index in [1.807, 2.05) is 32.0 Å². The average Bonchev–Trinajstić information content (AvgIpc) is 2.47. The van der Waals surface area contributed by atoms with E-state index in [4.69, 9.17) is 0 Å². The van der Waals surface area contributed by atoms with Gasteiger partial charge in [0.15, 0.2) is 5.78 Å². The molecule has 0 bridgehead atoms. The Hall–Kier alpha value is -1.74. The molecule has 2 aromatic rings. The number of ketones is 1. The largest absolute Gasteiger partial charge is 0.385 e. The third-order valence-corrected chi connectivity index (χ3v) is 3.71. The van der Waals surface area contributed by atoms with E-state index in [-0.39, 0.29) is 11.7 Å². The third kappa shape index (κ3) is 2.66. The highest BCUT2D eigenvalue weighted by Gasteiger charge is 2.25. The van der Waals surface area contributed by atoms with E-state index in [9.17, 15) is 9.90 Å². The number of rotatable bonds is 5. The van der Waals surface area contributed by atoms with Crippen LogP contribution in [-0.4, -0.2) is 22.0 Å². The van der Waals surface area contributed by atoms with Crippen LogP contribution in [0.3, 0.4) is 0 Å². The van der Waals surface area contributed by atoms with Crippen LogP contribution in [0.5, 0.6) is 0 Å². The maximum Gasteiger partial charge on any atom is 0.192 e. The summed E-state index contributed by atoms with van der Waals surface area (Å²) in [6.45, 7) is 4.00. The van der Waals surface area contributed by atoms with Crippen LogP contribution < -0.4 is 0 Å². The standard InChI is InChI=1S/C16H19NO2/c1-3-11(4-2)15(18)16(19)14-7-5-6-12-10-17-9-8-13(12)14/h5-11,15,18H,3-4H2,1-2H3. The summed E-state index contributed by atoms with van der Waals surface area (Å²) >= 11 is 0. The number of carbonyl (C=O) groups excluding carboxylic acids is 1. The first-order valence-corrected chi connectivity index (χ1v) is 6.74. The van der Waals surface area contributed by atoms with Gasteiger partial charge in [-0.1, -0.05) is 44.9 Å². The zero-order valence-corrected chi connectivity index (χ0v) is 11.3. The Morgan fingerprint density at radius 2 is 2.00 bits per heavy atom. The predicted octanol–water partition coefficient (Wildman–Crippen LogP) is 3.21. The molecule has 1 N–H and O–H groups in total. The first-order valence-electron chi connectivity index (χ1n) is 6.74. The number of aliphatic hydroxyl groups excluding tert-OH is 1. The van der Waals surface area contributed by atoms with Gasteiger partial charge < -0.3 is 5.11 Å². The molecule has 0 radical (unpaired) electrons. The van der Waals surface area contributed by atoms with E-state index in [1.165, 1.54) is 0 Å². The fourth-order valence-corrected chi connectivity index (χ4v) is 2.45. The minimum atomic E-state index is -0.922. The number of hydrogen-bond acceptors (Lipinski definition) is 3. The lowest BCUT2D eigenvalue weighted by Crippen LogP contribution is -2.29. The van der Waals surface area contributed by atoms with Gasteiger partial charge in [0.05, 0.1) is 0 Å². The zero-order valence-electron chi connectivity index (χ0n) is 11.3. The Morgan fingerprint density at radius 3 is 2.68 bits per heavy atom. The smallest absolute Gasteiger partial charge is 0.192 e. The Kier molecular flexibility index (Phi) is 4.27. The van der Waals surface area contributed by atoms with E-state index in [0.29, 0.717) is 5.56 Å². The lowest BCUT2D eigenvalue weighted by Gasteiger charge is -2.19. The maximum absolute atomic E-state index is 12.4. The van der Waals surface area contributed by atoms with Gasteiger partial charge >= 0.3 is 0 Å². The van der Waals surface area contributed by atoms with Crippen LogP contribution in [0, 0.1) is 5.92 Å². The molecule has 2 rings (SSSR count). The highest BCUT2D eigenvalue weighted by atomic mass is 16.3. The second kappa shape index (κ2) is 5.93. The number of hydrogen-bond donors (Lipinski definition) is 1. The topological polar surface area (TPSA) is 50.2 Å². The van der Waals surface area contributed by atoms with Crippen molar-refractivity contribution in [1.82, 2.24) is 4.98 Å². The number of aliphatic hydroxyl groups is 1. The number of Topliss-reactive ketones (excluding diaryl/α,β-unsaturated/α-hetero) is 1. The molecule has 0 saturated carbocycles. The number of aromatic nitrogens is 1. The van der Waals surface area contributed by atoms with Crippen molar-refractivity contribution in [2.24, 2.45) is 5.92 Å². The maximum atomic E-state index is 12.4. The average molecular weight is 257 g/mol. The van der Waals surface area contributed by atoms with Crippen molar-refractivity contribution >= 4 is 16.6 Å². The number of nitrogens with zero attached hydrogens (tertiary/aromatic N) is 1. The summed E-state index contributed by atoms with van der Waals surface area (Å²) in [7, 11) is 0. The van der Waals surface area contributed by atoms with Crippen LogP contribution >= 0.6 is 0 Å². The van der Waals surface area contributed by atoms with Crippen molar-refractivity contribution in [3.63, 3.8) is 0 Å². The molecule has 0 spiro atoms. The van der Waals surface area contributed by atoms with E-state index >= 15 is 0 Å². The van der Waals surface area contributed by atoms with Gasteiger partial charge in [0, 0.05) is 23.3 Å². The lowest BCUT2D eigenvalue weighted by atomic mass is 9.89. The van der Waals surface area contributed by atoms with Gasteiger partial charge in [0.1, 0.15) is 6.10 Å². The van der Waals surface area contributed by atoms with Gasteiger partial charge in [-0.2, -0.15) is 0 Å². The Morgan fingerprint density at radius 1 is 1.26 bits per heavy atom. The van der Waals surface area contributed by atoms with Gasteiger partial charge in [-0.05, 0) is 17.4 Å². The van der Waals surface area contributed by atoms with Crippen LogP contribution in [0.25, 0.3) is 10.8 Å². The van der Waals surface area contributed by atoms with E-state index < -0.39 is 6.10 Å². The van der Waals surface area contributed by atoms with Crippen LogP contribution in [0.1, 0.15) is 37.0 Å². The molecular formula is C16H19NO2.